The number of rotatable bonds is 2. The van der Waals surface area contributed by atoms with E-state index in [0.717, 1.165) is 16.8 Å². The van der Waals surface area contributed by atoms with Crippen molar-refractivity contribution in [2.24, 2.45) is 0 Å². The largest absolute Gasteiger partial charge is 0.397 e. The molecule has 1 aromatic carbocycles. The number of hydrogen-bond donors (Lipinski definition) is 2. The van der Waals surface area contributed by atoms with Crippen LogP contribution in [0.5, 0.6) is 0 Å². The Morgan fingerprint density at radius 3 is 2.83 bits per heavy atom. The first kappa shape index (κ1) is 11.4. The predicted molar refractivity (Wildman–Crippen MR) is 79.3 cm³/mol. The van der Waals surface area contributed by atoms with E-state index in [0.29, 0.717) is 5.92 Å². The Kier molecular flexibility index (Phi) is 2.63. The number of aromatic amines is 1. The summed E-state index contributed by atoms with van der Waals surface area (Å²) in [5.41, 5.74) is 11.9. The number of hydrogen-bond acceptors (Lipinski definition) is 2. The van der Waals surface area contributed by atoms with Gasteiger partial charge in [0, 0.05) is 17.0 Å². The van der Waals surface area contributed by atoms with E-state index in [1.165, 1.54) is 16.6 Å². The zero-order valence-corrected chi connectivity index (χ0v) is 11.3. The van der Waals surface area contributed by atoms with Gasteiger partial charge in [-0.25, -0.2) is 0 Å². The van der Waals surface area contributed by atoms with Crippen molar-refractivity contribution < 1.29 is 0 Å². The van der Waals surface area contributed by atoms with Crippen LogP contribution in [0.25, 0.3) is 10.9 Å². The fraction of sp³-hybridized carbons (Fsp3) is 0.200. The lowest BCUT2D eigenvalue weighted by atomic mass is 9.94. The minimum absolute atomic E-state index is 0.386. The zero-order chi connectivity index (χ0) is 12.7. The Hall–Kier alpha value is -1.74. The molecule has 0 fully saturated rings. The van der Waals surface area contributed by atoms with E-state index in [-0.39, 0.29) is 0 Å². The zero-order valence-electron chi connectivity index (χ0n) is 10.5. The average Bonchev–Trinajstić information content (AvgIpc) is 2.99. The highest BCUT2D eigenvalue weighted by Gasteiger charge is 2.15. The standard InChI is InChI=1S/C15H16N2S/c1-9(11-6-7-18-8-11)12-4-3-5-13-14(16)10(2)17-15(12)13/h3-9,17H,16H2,1-2H3. The summed E-state index contributed by atoms with van der Waals surface area (Å²) in [6, 6.07) is 8.54. The van der Waals surface area contributed by atoms with E-state index in [1.54, 1.807) is 11.3 Å². The number of aryl methyl sites for hydroxylation is 1. The third-order valence-electron chi connectivity index (χ3n) is 3.61. The van der Waals surface area contributed by atoms with Crippen LogP contribution in [-0.2, 0) is 0 Å². The van der Waals surface area contributed by atoms with Gasteiger partial charge in [0.25, 0.3) is 0 Å². The molecule has 2 heterocycles. The number of thiophene rings is 1. The SMILES string of the molecule is Cc1[nH]c2c(C(C)c3ccsc3)cccc2c1N. The van der Waals surface area contributed by atoms with Crippen molar-refractivity contribution in [1.82, 2.24) is 4.98 Å². The maximum atomic E-state index is 6.10. The molecule has 0 saturated carbocycles. The molecule has 2 nitrogen and oxygen atoms in total. The van der Waals surface area contributed by atoms with Crippen molar-refractivity contribution in [2.45, 2.75) is 19.8 Å². The van der Waals surface area contributed by atoms with Crippen LogP contribution in [0.15, 0.2) is 35.0 Å². The number of fused-ring (bicyclic) bond motifs is 1. The minimum Gasteiger partial charge on any atom is -0.397 e. The first-order valence-corrected chi connectivity index (χ1v) is 7.01. The van der Waals surface area contributed by atoms with Gasteiger partial charge in [0.2, 0.25) is 0 Å². The molecule has 0 aliphatic heterocycles. The molecule has 1 atom stereocenters. The van der Waals surface area contributed by atoms with E-state index in [4.69, 9.17) is 5.73 Å². The molecular weight excluding hydrogens is 240 g/mol. The predicted octanol–water partition coefficient (Wildman–Crippen LogP) is 4.27. The number of anilines is 1. The molecular formula is C15H16N2S. The van der Waals surface area contributed by atoms with E-state index >= 15 is 0 Å². The van der Waals surface area contributed by atoms with Crippen LogP contribution in [0, 0.1) is 6.92 Å². The van der Waals surface area contributed by atoms with Crippen LogP contribution < -0.4 is 5.73 Å². The molecule has 3 rings (SSSR count). The first-order valence-electron chi connectivity index (χ1n) is 6.07. The summed E-state index contributed by atoms with van der Waals surface area (Å²) in [6.07, 6.45) is 0. The van der Waals surface area contributed by atoms with Crippen LogP contribution in [0.3, 0.4) is 0 Å². The van der Waals surface area contributed by atoms with Crippen molar-refractivity contribution in [2.75, 3.05) is 5.73 Å². The molecule has 1 unspecified atom stereocenters. The highest BCUT2D eigenvalue weighted by Crippen LogP contribution is 2.34. The van der Waals surface area contributed by atoms with Gasteiger partial charge in [-0.2, -0.15) is 11.3 Å². The van der Waals surface area contributed by atoms with Crippen molar-refractivity contribution in [3.8, 4) is 0 Å². The van der Waals surface area contributed by atoms with Gasteiger partial charge in [-0.05, 0) is 34.9 Å². The topological polar surface area (TPSA) is 41.8 Å². The molecule has 3 heteroatoms. The Morgan fingerprint density at radius 1 is 1.28 bits per heavy atom. The third-order valence-corrected chi connectivity index (χ3v) is 4.31. The van der Waals surface area contributed by atoms with Gasteiger partial charge in [-0.1, -0.05) is 25.1 Å². The Morgan fingerprint density at radius 2 is 2.11 bits per heavy atom. The number of nitrogens with two attached hydrogens (primary N) is 1. The van der Waals surface area contributed by atoms with Crippen LogP contribution in [-0.4, -0.2) is 4.98 Å². The van der Waals surface area contributed by atoms with Crippen LogP contribution in [0.4, 0.5) is 5.69 Å². The van der Waals surface area contributed by atoms with Crippen LogP contribution in [0.1, 0.15) is 29.7 Å². The van der Waals surface area contributed by atoms with Crippen molar-refractivity contribution in [3.05, 3.63) is 51.8 Å². The highest BCUT2D eigenvalue weighted by molar-refractivity contribution is 7.08. The second kappa shape index (κ2) is 4.18. The Balaban J connectivity index is 2.21. The summed E-state index contributed by atoms with van der Waals surface area (Å²) < 4.78 is 0. The molecule has 2 aromatic heterocycles. The third kappa shape index (κ3) is 1.63. The molecule has 3 N–H and O–H groups in total. The van der Waals surface area contributed by atoms with E-state index in [2.05, 4.69) is 46.9 Å². The summed E-state index contributed by atoms with van der Waals surface area (Å²) in [5.74, 6) is 0.386. The Bertz CT molecular complexity index is 680. The maximum Gasteiger partial charge on any atom is 0.0602 e. The normalized spacial score (nSPS) is 13.0. The molecule has 3 aromatic rings. The second-order valence-electron chi connectivity index (χ2n) is 4.71. The number of nitrogens with one attached hydrogen (secondary N) is 1. The number of para-hydroxylation sites is 1. The molecule has 92 valence electrons. The molecule has 0 aliphatic rings. The molecule has 0 saturated heterocycles. The summed E-state index contributed by atoms with van der Waals surface area (Å²) >= 11 is 1.74. The molecule has 0 spiro atoms. The quantitative estimate of drug-likeness (QED) is 0.706. The molecule has 0 radical (unpaired) electrons. The van der Waals surface area contributed by atoms with Gasteiger partial charge < -0.3 is 10.7 Å². The summed E-state index contributed by atoms with van der Waals surface area (Å²) in [7, 11) is 0. The van der Waals surface area contributed by atoms with Gasteiger partial charge in [0.05, 0.1) is 11.2 Å². The summed E-state index contributed by atoms with van der Waals surface area (Å²) in [6.45, 7) is 4.26. The molecule has 0 amide bonds. The van der Waals surface area contributed by atoms with Crippen molar-refractivity contribution in [3.63, 3.8) is 0 Å². The van der Waals surface area contributed by atoms with E-state index in [1.807, 2.05) is 6.92 Å². The smallest absolute Gasteiger partial charge is 0.0602 e. The number of nitrogen functional groups attached to an aromatic ring is 1. The van der Waals surface area contributed by atoms with Crippen LogP contribution >= 0.6 is 11.3 Å². The van der Waals surface area contributed by atoms with Gasteiger partial charge >= 0.3 is 0 Å². The van der Waals surface area contributed by atoms with Gasteiger partial charge in [0.1, 0.15) is 0 Å². The number of aromatic nitrogens is 1. The summed E-state index contributed by atoms with van der Waals surface area (Å²) in [5, 5.41) is 5.47. The monoisotopic (exact) mass is 256 g/mol. The first-order chi connectivity index (χ1) is 8.68. The summed E-state index contributed by atoms with van der Waals surface area (Å²) in [4.78, 5) is 3.42. The minimum atomic E-state index is 0.386. The highest BCUT2D eigenvalue weighted by atomic mass is 32.1. The van der Waals surface area contributed by atoms with Crippen LogP contribution in [0.2, 0.25) is 0 Å². The van der Waals surface area contributed by atoms with Gasteiger partial charge in [0.15, 0.2) is 0 Å². The second-order valence-corrected chi connectivity index (χ2v) is 5.49. The molecule has 18 heavy (non-hydrogen) atoms. The van der Waals surface area contributed by atoms with Crippen molar-refractivity contribution in [1.29, 1.82) is 0 Å². The average molecular weight is 256 g/mol. The number of H-pyrrole nitrogens is 1. The number of benzene rings is 1. The lowest BCUT2D eigenvalue weighted by molar-refractivity contribution is 0.936. The van der Waals surface area contributed by atoms with Crippen molar-refractivity contribution >= 4 is 27.9 Å². The fourth-order valence-corrected chi connectivity index (χ4v) is 3.21. The maximum absolute atomic E-state index is 6.10. The van der Waals surface area contributed by atoms with Gasteiger partial charge in [-0.3, -0.25) is 0 Å². The van der Waals surface area contributed by atoms with Gasteiger partial charge in [-0.15, -0.1) is 0 Å². The van der Waals surface area contributed by atoms with E-state index < -0.39 is 0 Å². The Labute approximate surface area is 110 Å². The van der Waals surface area contributed by atoms with E-state index in [9.17, 15) is 0 Å². The fourth-order valence-electron chi connectivity index (χ4n) is 2.45. The lowest BCUT2D eigenvalue weighted by Gasteiger charge is -2.11. The molecule has 0 aliphatic carbocycles. The lowest BCUT2D eigenvalue weighted by Crippen LogP contribution is -1.95. The molecule has 0 bridgehead atoms.